The molecule has 1 atom stereocenters. The zero-order valence-electron chi connectivity index (χ0n) is 39.2. The van der Waals surface area contributed by atoms with E-state index in [0.29, 0.717) is 41.4 Å². The Balaban J connectivity index is 0.784. The molecule has 3 aromatic heterocycles. The van der Waals surface area contributed by atoms with E-state index in [0.717, 1.165) is 107 Å². The van der Waals surface area contributed by atoms with E-state index in [1.807, 2.05) is 12.1 Å². The monoisotopic (exact) mass is 941 g/mol. The Hall–Kier alpha value is -5.58. The zero-order chi connectivity index (χ0) is 46.8. The van der Waals surface area contributed by atoms with Gasteiger partial charge in [-0.3, -0.25) is 24.7 Å². The van der Waals surface area contributed by atoms with E-state index >= 15 is 0 Å². The molecular weight excluding hydrogens is 879 g/mol. The molecule has 0 bridgehead atoms. The molecule has 16 heteroatoms. The smallest absolute Gasteiger partial charge is 0.312 e. The van der Waals surface area contributed by atoms with E-state index in [1.165, 1.54) is 38.5 Å². The van der Waals surface area contributed by atoms with Crippen LogP contribution in [0.1, 0.15) is 124 Å². The van der Waals surface area contributed by atoms with Crippen LogP contribution in [0.25, 0.3) is 11.0 Å². The lowest BCUT2D eigenvalue weighted by molar-refractivity contribution is -0.384. The van der Waals surface area contributed by atoms with Crippen LogP contribution in [0.3, 0.4) is 0 Å². The summed E-state index contributed by atoms with van der Waals surface area (Å²) in [6.45, 7) is 10.1. The van der Waals surface area contributed by atoms with E-state index in [4.69, 9.17) is 4.74 Å². The predicted molar refractivity (Wildman–Crippen MR) is 262 cm³/mol. The van der Waals surface area contributed by atoms with Crippen molar-refractivity contribution in [2.75, 3.05) is 49.5 Å². The van der Waals surface area contributed by atoms with Gasteiger partial charge in [0, 0.05) is 86.8 Å². The summed E-state index contributed by atoms with van der Waals surface area (Å²) >= 11 is 0. The van der Waals surface area contributed by atoms with Crippen molar-refractivity contribution in [1.82, 2.24) is 29.5 Å². The van der Waals surface area contributed by atoms with Gasteiger partial charge in [-0.1, -0.05) is 38.1 Å². The molecule has 5 aromatic rings. The quantitative estimate of drug-likeness (QED) is 0.0711. The second-order valence-corrected chi connectivity index (χ2v) is 23.2. The fourth-order valence-electron chi connectivity index (χ4n) is 11.8. The third-order valence-electron chi connectivity index (χ3n) is 16.3. The number of nitrogens with zero attached hydrogens (tertiary/aromatic N) is 6. The van der Waals surface area contributed by atoms with Gasteiger partial charge in [0.1, 0.15) is 22.0 Å². The van der Waals surface area contributed by atoms with Gasteiger partial charge in [-0.2, -0.15) is 0 Å². The number of piperazine rings is 1. The number of sulfonamides is 1. The van der Waals surface area contributed by atoms with Crippen molar-refractivity contribution in [3.8, 4) is 11.5 Å². The van der Waals surface area contributed by atoms with Gasteiger partial charge in [-0.25, -0.2) is 23.1 Å². The van der Waals surface area contributed by atoms with Crippen molar-refractivity contribution >= 4 is 44.2 Å². The van der Waals surface area contributed by atoms with E-state index in [1.54, 1.807) is 41.7 Å². The van der Waals surface area contributed by atoms with Crippen LogP contribution >= 0.6 is 0 Å². The molecule has 5 heterocycles. The number of fused-ring (bicyclic) bond motifs is 1. The van der Waals surface area contributed by atoms with Crippen LogP contribution < -0.4 is 19.7 Å². The van der Waals surface area contributed by atoms with Crippen molar-refractivity contribution in [1.29, 1.82) is 0 Å². The number of pyridine rings is 2. The minimum absolute atomic E-state index is 0.00807. The Kier molecular flexibility index (Phi) is 11.7. The summed E-state index contributed by atoms with van der Waals surface area (Å²) in [6, 6.07) is 20.9. The van der Waals surface area contributed by atoms with Crippen LogP contribution in [0.15, 0.2) is 84.1 Å². The second kappa shape index (κ2) is 17.7. The first-order valence-electron chi connectivity index (χ1n) is 24.8. The van der Waals surface area contributed by atoms with Crippen LogP contribution in [0, 0.1) is 26.9 Å². The molecule has 4 saturated carbocycles. The number of hydrogen-bond acceptors (Lipinski definition) is 12. The highest BCUT2D eigenvalue weighted by Crippen LogP contribution is 2.54. The van der Waals surface area contributed by atoms with Crippen LogP contribution in [-0.4, -0.2) is 95.4 Å². The first kappa shape index (κ1) is 44.9. The Bertz CT molecular complexity index is 2820. The maximum absolute atomic E-state index is 14.1. The first-order valence-corrected chi connectivity index (χ1v) is 26.3. The van der Waals surface area contributed by atoms with Crippen LogP contribution in [0.4, 0.5) is 17.2 Å². The first-order chi connectivity index (χ1) is 32.8. The van der Waals surface area contributed by atoms with Crippen molar-refractivity contribution in [2.24, 2.45) is 16.7 Å². The number of anilines is 2. The van der Waals surface area contributed by atoms with Crippen molar-refractivity contribution in [3.63, 3.8) is 0 Å². The number of piperidine rings is 1. The van der Waals surface area contributed by atoms with Gasteiger partial charge in [0.2, 0.25) is 5.82 Å². The van der Waals surface area contributed by atoms with Gasteiger partial charge >= 0.3 is 5.69 Å². The normalized spacial score (nSPS) is 22.5. The summed E-state index contributed by atoms with van der Waals surface area (Å²) in [5, 5.41) is 16.1. The molecule has 11 rings (SSSR count). The Morgan fingerprint density at radius 3 is 2.38 bits per heavy atom. The Morgan fingerprint density at radius 2 is 1.65 bits per heavy atom. The molecule has 68 heavy (non-hydrogen) atoms. The molecular formula is C52H63N9O6S. The minimum Gasteiger partial charge on any atom is -0.455 e. The topological polar surface area (TPSA) is 179 Å². The molecule has 2 saturated heterocycles. The number of aromatic nitrogens is 3. The van der Waals surface area contributed by atoms with E-state index in [-0.39, 0.29) is 22.5 Å². The highest BCUT2D eigenvalue weighted by atomic mass is 32.2. The number of amides is 1. The standard InChI is InChI=1S/C52H63N9O6S/c1-51(2)16-13-34(14-17-51)30-54-49-45(61(63)64)27-41(32-56-49)68(65,66)57-50(62)44-12-11-38(26-47(44)67-40-25-36-15-20-53-48(36)55-31-40)58-21-18-52(19-22-58)28-39(29-52)60-24-23-59(37-9-10-37)33-46(60)43-6-4-3-5-42(43)35-7-8-35/h3-6,11-12,15,20,25-27,31-32,34-35,37,39,46H,7-10,13-14,16-19,21-24,28-30,33H2,1-2H3,(H,53,55)(H,54,56)(H,57,62)/t46-/m0/s1. The molecule has 3 N–H and O–H groups in total. The SMILES string of the molecule is CC1(C)CCC(CNc2ncc(S(=O)(=O)NC(=O)c3ccc(N4CCC5(CC4)CC(N4CCN(C6CC6)C[C@H]4c4ccccc4C4CC4)C5)cc3Oc3cnc4[nH]ccc4c3)cc2[N+](=O)[O-])CC1. The number of nitrogens with one attached hydrogen (secondary N) is 3. The Morgan fingerprint density at radius 1 is 0.882 bits per heavy atom. The van der Waals surface area contributed by atoms with E-state index < -0.39 is 31.4 Å². The van der Waals surface area contributed by atoms with Gasteiger partial charge in [-0.05, 0) is 135 Å². The number of H-pyrrole nitrogens is 1. The number of rotatable bonds is 14. The zero-order valence-corrected chi connectivity index (χ0v) is 40.0. The van der Waals surface area contributed by atoms with Crippen molar-refractivity contribution in [2.45, 2.75) is 120 Å². The number of ether oxygens (including phenoxy) is 1. The van der Waals surface area contributed by atoms with E-state index in [9.17, 15) is 23.3 Å². The average Bonchev–Trinajstić information content (AvgIpc) is 4.28. The number of nitro groups is 1. The summed E-state index contributed by atoms with van der Waals surface area (Å²) < 4.78 is 36.1. The minimum atomic E-state index is -4.60. The number of hydrogen-bond donors (Lipinski definition) is 3. The maximum atomic E-state index is 14.1. The third kappa shape index (κ3) is 9.30. The number of carbonyl (C=O) groups excluding carboxylic acids is 1. The molecule has 4 aliphatic carbocycles. The summed E-state index contributed by atoms with van der Waals surface area (Å²) in [7, 11) is -4.60. The molecule has 0 unspecified atom stereocenters. The molecule has 1 amide bonds. The van der Waals surface area contributed by atoms with Gasteiger partial charge in [0.05, 0.1) is 22.9 Å². The summed E-state index contributed by atoms with van der Waals surface area (Å²) in [6.07, 6.45) is 18.3. The van der Waals surface area contributed by atoms with Crippen LogP contribution in [0.5, 0.6) is 11.5 Å². The molecule has 1 spiro atoms. The molecule has 2 aromatic carbocycles. The second-order valence-electron chi connectivity index (χ2n) is 21.5. The third-order valence-corrected chi connectivity index (χ3v) is 17.6. The number of aromatic amines is 1. The average molecular weight is 942 g/mol. The van der Waals surface area contributed by atoms with Gasteiger partial charge in [0.15, 0.2) is 0 Å². The van der Waals surface area contributed by atoms with Gasteiger partial charge < -0.3 is 19.9 Å². The Labute approximate surface area is 398 Å². The number of carbonyl (C=O) groups is 1. The molecule has 6 aliphatic rings. The van der Waals surface area contributed by atoms with Crippen LogP contribution in [0.2, 0.25) is 0 Å². The lowest BCUT2D eigenvalue weighted by Crippen LogP contribution is -2.60. The van der Waals surface area contributed by atoms with Crippen molar-refractivity contribution < 1.29 is 22.9 Å². The fourth-order valence-corrected chi connectivity index (χ4v) is 12.7. The molecule has 15 nitrogen and oxygen atoms in total. The highest BCUT2D eigenvalue weighted by molar-refractivity contribution is 7.90. The maximum Gasteiger partial charge on any atom is 0.312 e. The molecule has 6 fully saturated rings. The van der Waals surface area contributed by atoms with Gasteiger partial charge in [0.25, 0.3) is 15.9 Å². The number of benzene rings is 2. The summed E-state index contributed by atoms with van der Waals surface area (Å²) in [5.41, 5.74) is 4.76. The fraction of sp³-hybridized carbons (Fsp3) is 0.519. The predicted octanol–water partition coefficient (Wildman–Crippen LogP) is 9.55. The molecule has 0 radical (unpaired) electrons. The van der Waals surface area contributed by atoms with Crippen LogP contribution in [-0.2, 0) is 10.0 Å². The summed E-state index contributed by atoms with van der Waals surface area (Å²) in [4.78, 5) is 44.8. The lowest BCUT2D eigenvalue weighted by atomic mass is 9.59. The highest BCUT2D eigenvalue weighted by Gasteiger charge is 2.51. The van der Waals surface area contributed by atoms with Gasteiger partial charge in [-0.15, -0.1) is 0 Å². The van der Waals surface area contributed by atoms with E-state index in [2.05, 4.69) is 77.8 Å². The molecule has 358 valence electrons. The summed E-state index contributed by atoms with van der Waals surface area (Å²) in [5.74, 6) is 0.637. The molecule has 2 aliphatic heterocycles. The van der Waals surface area contributed by atoms with Crippen molar-refractivity contribution in [3.05, 3.63) is 106 Å². The largest absolute Gasteiger partial charge is 0.455 e. The lowest BCUT2D eigenvalue weighted by Gasteiger charge is -2.58.